The third-order valence-electron chi connectivity index (χ3n) is 3.54. The first-order valence-corrected chi connectivity index (χ1v) is 6.82. The van der Waals surface area contributed by atoms with E-state index >= 15 is 0 Å². The molecule has 0 aliphatic carbocycles. The summed E-state index contributed by atoms with van der Waals surface area (Å²) in [7, 11) is 0. The standard InChI is InChI=1S/C13H23N3O2/c1-9(2)13-15-14-12(18-13)8-16-7-5-4-6-11(16)10(3)17/h9-11,17H,4-8H2,1-3H3. The Morgan fingerprint density at radius 1 is 1.33 bits per heavy atom. The van der Waals surface area contributed by atoms with Crippen molar-refractivity contribution in [3.63, 3.8) is 0 Å². The molecule has 2 rings (SSSR count). The van der Waals surface area contributed by atoms with E-state index in [1.54, 1.807) is 0 Å². The van der Waals surface area contributed by atoms with E-state index in [9.17, 15) is 5.11 Å². The summed E-state index contributed by atoms with van der Waals surface area (Å²) in [6, 6.07) is 0.216. The highest BCUT2D eigenvalue weighted by molar-refractivity contribution is 4.89. The van der Waals surface area contributed by atoms with Crippen LogP contribution in [-0.4, -0.2) is 38.9 Å². The van der Waals surface area contributed by atoms with Crippen LogP contribution in [0.5, 0.6) is 0 Å². The predicted molar refractivity (Wildman–Crippen MR) is 68.1 cm³/mol. The molecule has 0 saturated carbocycles. The minimum absolute atomic E-state index is 0.216. The zero-order chi connectivity index (χ0) is 13.1. The Hall–Kier alpha value is -0.940. The zero-order valence-corrected chi connectivity index (χ0v) is 11.5. The van der Waals surface area contributed by atoms with Crippen LogP contribution in [0.25, 0.3) is 0 Å². The first kappa shape index (κ1) is 13.5. The number of nitrogens with zero attached hydrogens (tertiary/aromatic N) is 3. The quantitative estimate of drug-likeness (QED) is 0.888. The van der Waals surface area contributed by atoms with Crippen molar-refractivity contribution in [1.82, 2.24) is 15.1 Å². The highest BCUT2D eigenvalue weighted by atomic mass is 16.4. The summed E-state index contributed by atoms with van der Waals surface area (Å²) in [6.07, 6.45) is 3.10. The second-order valence-corrected chi connectivity index (χ2v) is 5.46. The van der Waals surface area contributed by atoms with Gasteiger partial charge in [0.2, 0.25) is 11.8 Å². The predicted octanol–water partition coefficient (Wildman–Crippen LogP) is 1.93. The lowest BCUT2D eigenvalue weighted by atomic mass is 9.98. The molecule has 18 heavy (non-hydrogen) atoms. The lowest BCUT2D eigenvalue weighted by Gasteiger charge is -2.36. The normalized spacial score (nSPS) is 23.5. The van der Waals surface area contributed by atoms with Crippen LogP contribution in [0.4, 0.5) is 0 Å². The van der Waals surface area contributed by atoms with Gasteiger partial charge in [0, 0.05) is 12.0 Å². The van der Waals surface area contributed by atoms with Gasteiger partial charge in [-0.1, -0.05) is 20.3 Å². The molecule has 102 valence electrons. The van der Waals surface area contributed by atoms with Gasteiger partial charge in [-0.25, -0.2) is 0 Å². The molecular weight excluding hydrogens is 230 g/mol. The largest absolute Gasteiger partial charge is 0.424 e. The van der Waals surface area contributed by atoms with E-state index in [0.717, 1.165) is 13.0 Å². The Morgan fingerprint density at radius 2 is 2.11 bits per heavy atom. The monoisotopic (exact) mass is 253 g/mol. The van der Waals surface area contributed by atoms with E-state index in [0.29, 0.717) is 18.3 Å². The van der Waals surface area contributed by atoms with Crippen molar-refractivity contribution in [2.24, 2.45) is 0 Å². The molecule has 0 radical (unpaired) electrons. The number of aliphatic hydroxyl groups is 1. The lowest BCUT2D eigenvalue weighted by molar-refractivity contribution is 0.0268. The number of piperidine rings is 1. The summed E-state index contributed by atoms with van der Waals surface area (Å²) in [5.74, 6) is 1.61. The van der Waals surface area contributed by atoms with Crippen molar-refractivity contribution in [2.75, 3.05) is 6.54 Å². The van der Waals surface area contributed by atoms with Crippen molar-refractivity contribution in [2.45, 2.75) is 64.6 Å². The second kappa shape index (κ2) is 5.80. The molecule has 2 heterocycles. The summed E-state index contributed by atoms with van der Waals surface area (Å²) in [6.45, 7) is 7.58. The molecule has 1 aliphatic rings. The third-order valence-corrected chi connectivity index (χ3v) is 3.54. The number of hydrogen-bond acceptors (Lipinski definition) is 5. The molecule has 1 aromatic heterocycles. The average molecular weight is 253 g/mol. The molecule has 2 atom stereocenters. The van der Waals surface area contributed by atoms with Gasteiger partial charge in [0.15, 0.2) is 0 Å². The third kappa shape index (κ3) is 3.09. The van der Waals surface area contributed by atoms with Crippen LogP contribution >= 0.6 is 0 Å². The van der Waals surface area contributed by atoms with Crippen molar-refractivity contribution < 1.29 is 9.52 Å². The Balaban J connectivity index is 2.01. The van der Waals surface area contributed by atoms with E-state index in [-0.39, 0.29) is 18.1 Å². The van der Waals surface area contributed by atoms with Gasteiger partial charge >= 0.3 is 0 Å². The van der Waals surface area contributed by atoms with Gasteiger partial charge in [-0.15, -0.1) is 10.2 Å². The van der Waals surface area contributed by atoms with E-state index in [4.69, 9.17) is 4.42 Å². The van der Waals surface area contributed by atoms with Crippen LogP contribution in [0.1, 0.15) is 57.7 Å². The Bertz CT molecular complexity index is 376. The number of hydrogen-bond donors (Lipinski definition) is 1. The minimum atomic E-state index is -0.308. The summed E-state index contributed by atoms with van der Waals surface area (Å²) in [5.41, 5.74) is 0. The molecule has 1 aromatic rings. The van der Waals surface area contributed by atoms with Gasteiger partial charge in [0.25, 0.3) is 0 Å². The first-order valence-electron chi connectivity index (χ1n) is 6.82. The molecule has 1 aliphatic heterocycles. The van der Waals surface area contributed by atoms with Gasteiger partial charge in [-0.3, -0.25) is 4.90 Å². The number of aliphatic hydroxyl groups excluding tert-OH is 1. The van der Waals surface area contributed by atoms with Crippen LogP contribution in [0.2, 0.25) is 0 Å². The van der Waals surface area contributed by atoms with Crippen LogP contribution in [0.15, 0.2) is 4.42 Å². The van der Waals surface area contributed by atoms with Crippen LogP contribution < -0.4 is 0 Å². The topological polar surface area (TPSA) is 62.4 Å². The van der Waals surface area contributed by atoms with Crippen molar-refractivity contribution in [1.29, 1.82) is 0 Å². The Labute approximate surface area is 108 Å². The van der Waals surface area contributed by atoms with E-state index in [1.807, 2.05) is 20.8 Å². The molecule has 1 N–H and O–H groups in total. The van der Waals surface area contributed by atoms with Gasteiger partial charge in [-0.05, 0) is 26.3 Å². The van der Waals surface area contributed by atoms with Gasteiger partial charge in [0.05, 0.1) is 12.6 Å². The maximum Gasteiger partial charge on any atom is 0.230 e. The summed E-state index contributed by atoms with van der Waals surface area (Å²) >= 11 is 0. The summed E-state index contributed by atoms with van der Waals surface area (Å²) < 4.78 is 5.63. The van der Waals surface area contributed by atoms with Crippen molar-refractivity contribution >= 4 is 0 Å². The van der Waals surface area contributed by atoms with E-state index in [2.05, 4.69) is 15.1 Å². The molecule has 5 nitrogen and oxygen atoms in total. The van der Waals surface area contributed by atoms with Crippen LogP contribution in [-0.2, 0) is 6.54 Å². The average Bonchev–Trinajstić information content (AvgIpc) is 2.78. The maximum atomic E-state index is 9.81. The number of rotatable bonds is 4. The van der Waals surface area contributed by atoms with E-state index in [1.165, 1.54) is 12.8 Å². The number of aromatic nitrogens is 2. The van der Waals surface area contributed by atoms with Gasteiger partial charge in [-0.2, -0.15) is 0 Å². The highest BCUT2D eigenvalue weighted by Gasteiger charge is 2.27. The van der Waals surface area contributed by atoms with Crippen molar-refractivity contribution in [3.8, 4) is 0 Å². The molecular formula is C13H23N3O2. The second-order valence-electron chi connectivity index (χ2n) is 5.46. The molecule has 0 amide bonds. The fourth-order valence-electron chi connectivity index (χ4n) is 2.50. The molecule has 5 heteroatoms. The smallest absolute Gasteiger partial charge is 0.230 e. The maximum absolute atomic E-state index is 9.81. The summed E-state index contributed by atoms with van der Waals surface area (Å²) in [4.78, 5) is 2.26. The Morgan fingerprint density at radius 3 is 2.72 bits per heavy atom. The number of likely N-dealkylation sites (tertiary alicyclic amines) is 1. The Kier molecular flexibility index (Phi) is 4.35. The van der Waals surface area contributed by atoms with Crippen LogP contribution in [0, 0.1) is 0 Å². The highest BCUT2D eigenvalue weighted by Crippen LogP contribution is 2.22. The fraction of sp³-hybridized carbons (Fsp3) is 0.846. The molecule has 0 bridgehead atoms. The minimum Gasteiger partial charge on any atom is -0.424 e. The zero-order valence-electron chi connectivity index (χ0n) is 11.5. The molecule has 1 saturated heterocycles. The molecule has 0 aromatic carbocycles. The SMILES string of the molecule is CC(C)c1nnc(CN2CCCCC2C(C)O)o1. The molecule has 2 unspecified atom stereocenters. The van der Waals surface area contributed by atoms with Crippen LogP contribution in [0.3, 0.4) is 0 Å². The van der Waals surface area contributed by atoms with Gasteiger partial charge < -0.3 is 9.52 Å². The van der Waals surface area contributed by atoms with Crippen molar-refractivity contribution in [3.05, 3.63) is 11.8 Å². The summed E-state index contributed by atoms with van der Waals surface area (Å²) in [5, 5.41) is 17.9. The van der Waals surface area contributed by atoms with Gasteiger partial charge in [0.1, 0.15) is 0 Å². The molecule has 0 spiro atoms. The van der Waals surface area contributed by atoms with E-state index < -0.39 is 0 Å². The first-order chi connectivity index (χ1) is 8.58. The lowest BCUT2D eigenvalue weighted by Crippen LogP contribution is -2.45. The molecule has 1 fully saturated rings. The fourth-order valence-corrected chi connectivity index (χ4v) is 2.50.